The van der Waals surface area contributed by atoms with Gasteiger partial charge in [-0.25, -0.2) is 9.98 Å². The third-order valence-electron chi connectivity index (χ3n) is 5.64. The molecule has 4 N–H and O–H groups in total. The van der Waals surface area contributed by atoms with Crippen LogP contribution in [0.1, 0.15) is 54.0 Å². The minimum atomic E-state index is 0.447. The molecule has 0 atom stereocenters. The molecule has 0 bridgehead atoms. The minimum Gasteiger partial charge on any atom is -0.487 e. The molecule has 5 rings (SSSR count). The second-order valence-corrected chi connectivity index (χ2v) is 8.87. The van der Waals surface area contributed by atoms with Crippen molar-refractivity contribution in [1.29, 1.82) is 0 Å². The number of ether oxygens (including phenoxy) is 1. The Balaban J connectivity index is 1.10. The van der Waals surface area contributed by atoms with Crippen LogP contribution in [0.3, 0.4) is 0 Å². The van der Waals surface area contributed by atoms with Gasteiger partial charge in [0.15, 0.2) is 5.82 Å². The quantitative estimate of drug-likeness (QED) is 0.193. The van der Waals surface area contributed by atoms with Crippen molar-refractivity contribution in [2.45, 2.75) is 44.1 Å². The van der Waals surface area contributed by atoms with Crippen LogP contribution in [-0.4, -0.2) is 34.6 Å². The topological polar surface area (TPSA) is 127 Å². The molecule has 0 unspecified atom stereocenters. The van der Waals surface area contributed by atoms with Crippen molar-refractivity contribution in [2.24, 2.45) is 10.8 Å². The zero-order valence-electron chi connectivity index (χ0n) is 17.6. The predicted molar refractivity (Wildman–Crippen MR) is 122 cm³/mol. The molecule has 1 aliphatic heterocycles. The van der Waals surface area contributed by atoms with Crippen molar-refractivity contribution in [1.82, 2.24) is 26.1 Å². The molecule has 1 aliphatic carbocycles. The lowest BCUT2D eigenvalue weighted by molar-refractivity contribution is 0.301. The van der Waals surface area contributed by atoms with Crippen LogP contribution in [0.2, 0.25) is 0 Å². The van der Waals surface area contributed by atoms with Gasteiger partial charge in [0.05, 0.1) is 16.4 Å². The number of anilines is 1. The lowest BCUT2D eigenvalue weighted by Crippen LogP contribution is -2.36. The summed E-state index contributed by atoms with van der Waals surface area (Å²) in [6.07, 6.45) is 5.91. The van der Waals surface area contributed by atoms with Crippen LogP contribution in [0.15, 0.2) is 39.2 Å². The summed E-state index contributed by atoms with van der Waals surface area (Å²) in [4.78, 5) is 15.8. The van der Waals surface area contributed by atoms with Gasteiger partial charge in [0, 0.05) is 30.3 Å². The normalized spacial score (nSPS) is 17.2. The Kier molecular flexibility index (Phi) is 6.28. The van der Waals surface area contributed by atoms with Crippen molar-refractivity contribution >= 4 is 29.4 Å². The Hall–Kier alpha value is -3.02. The third kappa shape index (κ3) is 5.06. The van der Waals surface area contributed by atoms with Crippen molar-refractivity contribution in [2.75, 3.05) is 18.0 Å². The number of hydrazine groups is 2. The van der Waals surface area contributed by atoms with E-state index in [1.807, 2.05) is 24.3 Å². The standard InChI is InChI=1S/C21H26N8O2S/c22-28-24-13-23-16-3-5-18(6-4-16)30-11-17-12-32-20(25-17)15-7-9-29(10-8-15)21-26-19(27-31-21)14-1-2-14/h3-6,12-15,28H,1-2,7-11,22H2,(H,23,24). The van der Waals surface area contributed by atoms with Gasteiger partial charge in [-0.2, -0.15) is 10.5 Å². The summed E-state index contributed by atoms with van der Waals surface area (Å²) in [6, 6.07) is 8.19. The Morgan fingerprint density at radius 2 is 1.97 bits per heavy atom. The average Bonchev–Trinajstić information content (AvgIpc) is 3.37. The molecule has 168 valence electrons. The number of hydrogen-bond acceptors (Lipinski definition) is 10. The van der Waals surface area contributed by atoms with E-state index in [1.165, 1.54) is 24.2 Å². The number of thiazole rings is 1. The SMILES string of the molecule is NNNC=Nc1ccc(OCc2csc(C3CCN(c4nc(C5CC5)no4)CC3)n2)cc1. The highest BCUT2D eigenvalue weighted by molar-refractivity contribution is 7.09. The molecule has 1 saturated heterocycles. The summed E-state index contributed by atoms with van der Waals surface area (Å²) in [5.41, 5.74) is 6.63. The van der Waals surface area contributed by atoms with Crippen LogP contribution < -0.4 is 26.4 Å². The van der Waals surface area contributed by atoms with Crippen molar-refractivity contribution in [3.8, 4) is 5.75 Å². The van der Waals surface area contributed by atoms with Gasteiger partial charge in [0.2, 0.25) is 0 Å². The van der Waals surface area contributed by atoms with Gasteiger partial charge in [-0.3, -0.25) is 11.3 Å². The van der Waals surface area contributed by atoms with E-state index >= 15 is 0 Å². The molecule has 1 saturated carbocycles. The summed E-state index contributed by atoms with van der Waals surface area (Å²) in [5, 5.41) is 7.40. The molecule has 11 heteroatoms. The van der Waals surface area contributed by atoms with Crippen LogP contribution >= 0.6 is 11.3 Å². The number of benzene rings is 1. The van der Waals surface area contributed by atoms with Gasteiger partial charge < -0.3 is 14.2 Å². The molecule has 1 aromatic carbocycles. The largest absolute Gasteiger partial charge is 0.487 e. The lowest BCUT2D eigenvalue weighted by atomic mass is 9.98. The Morgan fingerprint density at radius 1 is 1.16 bits per heavy atom. The monoisotopic (exact) mass is 454 g/mol. The maximum absolute atomic E-state index is 5.88. The smallest absolute Gasteiger partial charge is 0.324 e. The lowest BCUT2D eigenvalue weighted by Gasteiger charge is -2.29. The summed E-state index contributed by atoms with van der Waals surface area (Å²) in [5.74, 6) is 7.74. The fourth-order valence-corrected chi connectivity index (χ4v) is 4.66. The van der Waals surface area contributed by atoms with Gasteiger partial charge >= 0.3 is 6.01 Å². The van der Waals surface area contributed by atoms with E-state index in [1.54, 1.807) is 11.3 Å². The van der Waals surface area contributed by atoms with E-state index < -0.39 is 0 Å². The van der Waals surface area contributed by atoms with Crippen molar-refractivity contribution in [3.05, 3.63) is 46.2 Å². The number of aliphatic imine (C=N–C) groups is 1. The number of rotatable bonds is 9. The van der Waals surface area contributed by atoms with E-state index in [0.717, 1.165) is 48.9 Å². The van der Waals surface area contributed by atoms with E-state index in [4.69, 9.17) is 20.1 Å². The molecular formula is C21H26N8O2S. The van der Waals surface area contributed by atoms with Crippen LogP contribution in [0.4, 0.5) is 11.7 Å². The molecule has 3 heterocycles. The van der Waals surface area contributed by atoms with Gasteiger partial charge in [0.1, 0.15) is 18.7 Å². The van der Waals surface area contributed by atoms with Gasteiger partial charge in [-0.1, -0.05) is 5.16 Å². The zero-order valence-corrected chi connectivity index (χ0v) is 18.4. The Morgan fingerprint density at radius 3 is 2.72 bits per heavy atom. The number of hydrogen-bond donors (Lipinski definition) is 3. The zero-order chi connectivity index (χ0) is 21.8. The fraction of sp³-hybridized carbons (Fsp3) is 0.429. The first-order valence-corrected chi connectivity index (χ1v) is 11.7. The highest BCUT2D eigenvalue weighted by Crippen LogP contribution is 2.39. The summed E-state index contributed by atoms with van der Waals surface area (Å²) in [6.45, 7) is 2.27. The number of nitrogens with two attached hydrogens (primary N) is 1. The van der Waals surface area contributed by atoms with E-state index in [2.05, 4.69) is 36.4 Å². The van der Waals surface area contributed by atoms with E-state index in [0.29, 0.717) is 24.5 Å². The molecule has 2 fully saturated rings. The first kappa shape index (κ1) is 20.9. The third-order valence-corrected chi connectivity index (χ3v) is 6.70. The first-order valence-electron chi connectivity index (χ1n) is 10.8. The minimum absolute atomic E-state index is 0.447. The van der Waals surface area contributed by atoms with Gasteiger partial charge in [0.25, 0.3) is 0 Å². The van der Waals surface area contributed by atoms with Gasteiger partial charge in [-0.05, 0) is 49.9 Å². The maximum atomic E-state index is 5.88. The van der Waals surface area contributed by atoms with Crippen LogP contribution in [0.25, 0.3) is 0 Å². The maximum Gasteiger partial charge on any atom is 0.324 e. The molecule has 0 amide bonds. The molecule has 2 aliphatic rings. The molecule has 0 spiro atoms. The highest BCUT2D eigenvalue weighted by atomic mass is 32.1. The van der Waals surface area contributed by atoms with Crippen molar-refractivity contribution < 1.29 is 9.26 Å². The van der Waals surface area contributed by atoms with E-state index in [-0.39, 0.29) is 0 Å². The molecule has 32 heavy (non-hydrogen) atoms. The van der Waals surface area contributed by atoms with Crippen LogP contribution in [0.5, 0.6) is 5.75 Å². The highest BCUT2D eigenvalue weighted by Gasteiger charge is 2.31. The van der Waals surface area contributed by atoms with Gasteiger partial charge in [-0.15, -0.1) is 11.3 Å². The van der Waals surface area contributed by atoms with Crippen LogP contribution in [-0.2, 0) is 6.61 Å². The van der Waals surface area contributed by atoms with Crippen LogP contribution in [0, 0.1) is 0 Å². The average molecular weight is 455 g/mol. The summed E-state index contributed by atoms with van der Waals surface area (Å²) in [7, 11) is 0. The molecule has 10 nitrogen and oxygen atoms in total. The second-order valence-electron chi connectivity index (χ2n) is 7.98. The molecular weight excluding hydrogens is 428 g/mol. The first-order chi connectivity index (χ1) is 15.8. The van der Waals surface area contributed by atoms with E-state index in [9.17, 15) is 0 Å². The number of piperidine rings is 1. The second kappa shape index (κ2) is 9.63. The Bertz CT molecular complexity index is 1040. The fourth-order valence-electron chi connectivity index (χ4n) is 3.69. The molecule has 2 aromatic heterocycles. The predicted octanol–water partition coefficient (Wildman–Crippen LogP) is 2.99. The number of nitrogens with zero attached hydrogens (tertiary/aromatic N) is 5. The van der Waals surface area contributed by atoms with Crippen molar-refractivity contribution in [3.63, 3.8) is 0 Å². The molecule has 3 aromatic rings. The Labute approximate surface area is 189 Å². The number of aromatic nitrogens is 3. The molecule has 0 radical (unpaired) electrons. The summed E-state index contributed by atoms with van der Waals surface area (Å²) < 4.78 is 11.4. The number of nitrogens with one attached hydrogen (secondary N) is 2. The summed E-state index contributed by atoms with van der Waals surface area (Å²) >= 11 is 1.71.